The first-order valence-electron chi connectivity index (χ1n) is 8.79. The fraction of sp³-hybridized carbons (Fsp3) is 0.400. The number of hydrogen-bond donors (Lipinski definition) is 1. The molecule has 1 amide bonds. The number of halogens is 3. The number of hydrogen-bond acceptors (Lipinski definition) is 3. The second-order valence-electron chi connectivity index (χ2n) is 6.60. The van der Waals surface area contributed by atoms with Gasteiger partial charge in [0.1, 0.15) is 10.8 Å². The molecule has 1 N–H and O–H groups in total. The highest BCUT2D eigenvalue weighted by Gasteiger charge is 2.31. The Labute approximate surface area is 161 Å². The maximum absolute atomic E-state index is 14.3. The van der Waals surface area contributed by atoms with Gasteiger partial charge in [0.2, 0.25) is 0 Å². The number of carbonyl (C=O) groups excluding carboxylic acids is 1. The normalized spacial score (nSPS) is 11.6. The zero-order valence-corrected chi connectivity index (χ0v) is 16.2. The van der Waals surface area contributed by atoms with Crippen LogP contribution in [0.15, 0.2) is 47.6 Å². The summed E-state index contributed by atoms with van der Waals surface area (Å²) in [6, 6.07) is 7.51. The second-order valence-corrected chi connectivity index (χ2v) is 7.69. The Balaban J connectivity index is 1.95. The molecular weight excluding hydrogens is 373 g/mol. The van der Waals surface area contributed by atoms with Crippen molar-refractivity contribution < 1.29 is 18.0 Å². The van der Waals surface area contributed by atoms with E-state index >= 15 is 0 Å². The number of nitrogens with one attached hydrogen (secondary N) is 1. The van der Waals surface area contributed by atoms with Crippen LogP contribution < -0.4 is 5.32 Å². The number of nitrogens with zero attached hydrogens (tertiary/aromatic N) is 1. The van der Waals surface area contributed by atoms with Gasteiger partial charge >= 0.3 is 0 Å². The zero-order valence-electron chi connectivity index (χ0n) is 15.3. The summed E-state index contributed by atoms with van der Waals surface area (Å²) in [6.45, 7) is 4.69. The van der Waals surface area contributed by atoms with Crippen LogP contribution in [0.4, 0.5) is 13.2 Å². The van der Waals surface area contributed by atoms with Gasteiger partial charge in [-0.15, -0.1) is 11.8 Å². The number of pyridine rings is 1. The monoisotopic (exact) mass is 396 g/mol. The van der Waals surface area contributed by atoms with Gasteiger partial charge in [-0.2, -0.15) is 0 Å². The molecule has 0 aliphatic rings. The zero-order chi connectivity index (χ0) is 19.9. The maximum atomic E-state index is 14.3. The van der Waals surface area contributed by atoms with Crippen LogP contribution >= 0.6 is 11.8 Å². The summed E-state index contributed by atoms with van der Waals surface area (Å²) < 4.78 is 41.4. The Morgan fingerprint density at radius 2 is 1.93 bits per heavy atom. The highest BCUT2D eigenvalue weighted by molar-refractivity contribution is 7.99. The van der Waals surface area contributed by atoms with Crippen molar-refractivity contribution in [3.63, 3.8) is 0 Å². The van der Waals surface area contributed by atoms with E-state index < -0.39 is 18.2 Å². The van der Waals surface area contributed by atoms with Crippen molar-refractivity contribution in [3.05, 3.63) is 59.5 Å². The van der Waals surface area contributed by atoms with Crippen LogP contribution in [0.5, 0.6) is 0 Å². The highest BCUT2D eigenvalue weighted by Crippen LogP contribution is 2.34. The highest BCUT2D eigenvalue weighted by atomic mass is 32.2. The van der Waals surface area contributed by atoms with Gasteiger partial charge in [-0.1, -0.05) is 26.0 Å². The van der Waals surface area contributed by atoms with Crippen LogP contribution in [0.3, 0.4) is 0 Å². The van der Waals surface area contributed by atoms with Crippen molar-refractivity contribution >= 4 is 17.7 Å². The largest absolute Gasteiger partial charge is 0.352 e. The van der Waals surface area contributed by atoms with Crippen LogP contribution in [0.2, 0.25) is 0 Å². The van der Waals surface area contributed by atoms with Gasteiger partial charge in [0.05, 0.1) is 5.56 Å². The fourth-order valence-corrected chi connectivity index (χ4v) is 3.37. The summed E-state index contributed by atoms with van der Waals surface area (Å²) in [7, 11) is 0. The van der Waals surface area contributed by atoms with E-state index in [1.165, 1.54) is 6.20 Å². The lowest BCUT2D eigenvalue weighted by molar-refractivity contribution is -0.00707. The predicted octanol–water partition coefficient (Wildman–Crippen LogP) is 5.27. The quantitative estimate of drug-likeness (QED) is 0.587. The molecule has 0 unspecified atom stereocenters. The molecule has 2 rings (SSSR count). The number of thioether (sulfide) groups is 1. The topological polar surface area (TPSA) is 42.0 Å². The van der Waals surface area contributed by atoms with Crippen LogP contribution in [-0.4, -0.2) is 23.2 Å². The number of aromatic nitrogens is 1. The van der Waals surface area contributed by atoms with Crippen molar-refractivity contribution in [2.24, 2.45) is 5.92 Å². The average molecular weight is 396 g/mol. The van der Waals surface area contributed by atoms with Gasteiger partial charge in [-0.3, -0.25) is 4.79 Å². The van der Waals surface area contributed by atoms with E-state index in [0.29, 0.717) is 23.1 Å². The number of alkyl halides is 2. The fourth-order valence-electron chi connectivity index (χ4n) is 2.36. The van der Waals surface area contributed by atoms with E-state index in [4.69, 9.17) is 0 Å². The lowest BCUT2D eigenvalue weighted by atomic mass is 10.1. The van der Waals surface area contributed by atoms with Gasteiger partial charge in [-0.25, -0.2) is 18.2 Å². The standard InChI is InChI=1S/C20H23F3N2OS/c1-14(2)9-12-24-18(26)17-4-3-11-25-19(17)27-13-10-20(22,23)15-5-7-16(21)8-6-15/h3-8,11,14H,9-10,12-13H2,1-2H3,(H,24,26). The van der Waals surface area contributed by atoms with Gasteiger partial charge in [0.15, 0.2) is 0 Å². The van der Waals surface area contributed by atoms with Crippen LogP contribution in [0.25, 0.3) is 0 Å². The van der Waals surface area contributed by atoms with Crippen molar-refractivity contribution in [1.29, 1.82) is 0 Å². The summed E-state index contributed by atoms with van der Waals surface area (Å²) >= 11 is 1.11. The van der Waals surface area contributed by atoms with Gasteiger partial charge in [0, 0.05) is 30.5 Å². The molecular formula is C20H23F3N2OS. The minimum Gasteiger partial charge on any atom is -0.352 e. The summed E-state index contributed by atoms with van der Waals surface area (Å²) in [5.74, 6) is -3.33. The number of rotatable bonds is 9. The second kappa shape index (κ2) is 9.78. The third kappa shape index (κ3) is 6.57. The number of amides is 1. The molecule has 2 aromatic rings. The molecule has 0 aliphatic carbocycles. The molecule has 1 aromatic heterocycles. The first-order valence-corrected chi connectivity index (χ1v) is 9.78. The molecule has 27 heavy (non-hydrogen) atoms. The third-order valence-electron chi connectivity index (χ3n) is 3.94. The van der Waals surface area contributed by atoms with E-state index in [2.05, 4.69) is 24.1 Å². The van der Waals surface area contributed by atoms with Gasteiger partial charge < -0.3 is 5.32 Å². The molecule has 0 bridgehead atoms. The first kappa shape index (κ1) is 21.3. The van der Waals surface area contributed by atoms with Crippen molar-refractivity contribution in [2.75, 3.05) is 12.3 Å². The molecule has 0 radical (unpaired) electrons. The lowest BCUT2D eigenvalue weighted by Crippen LogP contribution is -2.26. The molecule has 0 atom stereocenters. The summed E-state index contributed by atoms with van der Waals surface area (Å²) in [6.07, 6.45) is 1.96. The van der Waals surface area contributed by atoms with Crippen molar-refractivity contribution in [1.82, 2.24) is 10.3 Å². The molecule has 1 aromatic carbocycles. The molecule has 0 fully saturated rings. The molecule has 0 saturated heterocycles. The predicted molar refractivity (Wildman–Crippen MR) is 102 cm³/mol. The molecule has 146 valence electrons. The Morgan fingerprint density at radius 1 is 1.22 bits per heavy atom. The number of carbonyl (C=O) groups is 1. The van der Waals surface area contributed by atoms with E-state index in [-0.39, 0.29) is 17.2 Å². The van der Waals surface area contributed by atoms with E-state index in [0.717, 1.165) is 42.4 Å². The Bertz CT molecular complexity index is 751. The lowest BCUT2D eigenvalue weighted by Gasteiger charge is -2.16. The Hall–Kier alpha value is -2.02. The minimum absolute atomic E-state index is 0.0770. The van der Waals surface area contributed by atoms with E-state index in [1.54, 1.807) is 12.1 Å². The summed E-state index contributed by atoms with van der Waals surface area (Å²) in [5, 5.41) is 3.26. The van der Waals surface area contributed by atoms with Crippen molar-refractivity contribution in [3.8, 4) is 0 Å². The van der Waals surface area contributed by atoms with Gasteiger partial charge in [-0.05, 0) is 36.6 Å². The molecule has 7 heteroatoms. The third-order valence-corrected chi connectivity index (χ3v) is 4.95. The van der Waals surface area contributed by atoms with Gasteiger partial charge in [0.25, 0.3) is 11.8 Å². The Kier molecular flexibility index (Phi) is 7.71. The van der Waals surface area contributed by atoms with Crippen LogP contribution in [0.1, 0.15) is 42.6 Å². The smallest absolute Gasteiger partial charge is 0.274 e. The average Bonchev–Trinajstić information content (AvgIpc) is 2.62. The molecule has 1 heterocycles. The van der Waals surface area contributed by atoms with E-state index in [9.17, 15) is 18.0 Å². The summed E-state index contributed by atoms with van der Waals surface area (Å²) in [4.78, 5) is 16.5. The van der Waals surface area contributed by atoms with Crippen molar-refractivity contribution in [2.45, 2.75) is 37.6 Å². The molecule has 0 spiro atoms. The Morgan fingerprint density at radius 3 is 2.59 bits per heavy atom. The summed E-state index contributed by atoms with van der Waals surface area (Å²) in [5.41, 5.74) is 0.161. The SMILES string of the molecule is CC(C)CCNC(=O)c1cccnc1SCCC(F)(F)c1ccc(F)cc1. The minimum atomic E-state index is -3.07. The van der Waals surface area contributed by atoms with Crippen LogP contribution in [-0.2, 0) is 5.92 Å². The van der Waals surface area contributed by atoms with Crippen LogP contribution in [0, 0.1) is 11.7 Å². The molecule has 3 nitrogen and oxygen atoms in total. The number of benzene rings is 1. The maximum Gasteiger partial charge on any atom is 0.274 e. The molecule has 0 aliphatic heterocycles. The van der Waals surface area contributed by atoms with E-state index in [1.807, 2.05) is 0 Å². The molecule has 0 saturated carbocycles. The first-order chi connectivity index (χ1) is 12.8.